The fraction of sp³-hybridized carbons (Fsp3) is 0.250. The highest BCUT2D eigenvalue weighted by Gasteiger charge is 2.36. The molecule has 0 saturated carbocycles. The molecule has 19 heavy (non-hydrogen) atoms. The first-order valence-electron chi connectivity index (χ1n) is 5.38. The molecule has 0 bridgehead atoms. The predicted molar refractivity (Wildman–Crippen MR) is 61.4 cm³/mol. The van der Waals surface area contributed by atoms with Crippen LogP contribution in [0.15, 0.2) is 24.3 Å². The molecule has 0 unspecified atom stereocenters. The summed E-state index contributed by atoms with van der Waals surface area (Å²) in [6.07, 6.45) is -4.57. The van der Waals surface area contributed by atoms with Gasteiger partial charge in [0.05, 0.1) is 0 Å². The van der Waals surface area contributed by atoms with E-state index in [9.17, 15) is 18.0 Å². The van der Waals surface area contributed by atoms with Crippen LogP contribution in [-0.4, -0.2) is 20.5 Å². The van der Waals surface area contributed by atoms with E-state index >= 15 is 0 Å². The van der Waals surface area contributed by atoms with Crippen molar-refractivity contribution in [1.29, 1.82) is 0 Å². The minimum absolute atomic E-state index is 0.0995. The number of ketones is 1. The Labute approximate surface area is 106 Å². The summed E-state index contributed by atoms with van der Waals surface area (Å²) in [7, 11) is 1.39. The van der Waals surface area contributed by atoms with Gasteiger partial charge in [-0.3, -0.25) is 4.79 Å². The Hall–Kier alpha value is -2.18. The molecule has 0 fully saturated rings. The van der Waals surface area contributed by atoms with E-state index in [2.05, 4.69) is 10.1 Å². The van der Waals surface area contributed by atoms with Crippen molar-refractivity contribution in [2.24, 2.45) is 7.05 Å². The maximum Gasteiger partial charge on any atom is 0.453 e. The number of benzene rings is 1. The first kappa shape index (κ1) is 13.3. The summed E-state index contributed by atoms with van der Waals surface area (Å²) in [5.41, 5.74) is 0.956. The lowest BCUT2D eigenvalue weighted by Gasteiger charge is -2.01. The number of aromatic nitrogens is 3. The van der Waals surface area contributed by atoms with Gasteiger partial charge >= 0.3 is 6.18 Å². The average Bonchev–Trinajstić information content (AvgIpc) is 2.71. The minimum atomic E-state index is -4.57. The monoisotopic (exact) mass is 269 g/mol. The van der Waals surface area contributed by atoms with Gasteiger partial charge in [-0.2, -0.15) is 13.2 Å². The Morgan fingerprint density at radius 1 is 1.21 bits per heavy atom. The van der Waals surface area contributed by atoms with Crippen molar-refractivity contribution in [2.75, 3.05) is 0 Å². The lowest BCUT2D eigenvalue weighted by molar-refractivity contribution is -0.144. The van der Waals surface area contributed by atoms with Crippen molar-refractivity contribution in [3.05, 3.63) is 35.7 Å². The van der Waals surface area contributed by atoms with Gasteiger partial charge in [-0.1, -0.05) is 24.3 Å². The molecule has 0 spiro atoms. The standard InChI is InChI=1S/C12H10F3N3O/c1-7(19)8-3-5-9(6-4-8)10-16-11(12(13,14)15)17-18(10)2/h3-6H,1-2H3. The molecule has 2 aromatic rings. The third-order valence-electron chi connectivity index (χ3n) is 2.57. The van der Waals surface area contributed by atoms with E-state index in [0.29, 0.717) is 11.1 Å². The number of aryl methyl sites for hydroxylation is 1. The normalized spacial score (nSPS) is 11.6. The van der Waals surface area contributed by atoms with Crippen molar-refractivity contribution in [3.63, 3.8) is 0 Å². The number of halogens is 3. The summed E-state index contributed by atoms with van der Waals surface area (Å²) < 4.78 is 38.5. The zero-order valence-electron chi connectivity index (χ0n) is 10.2. The van der Waals surface area contributed by atoms with Gasteiger partial charge < -0.3 is 0 Å². The van der Waals surface area contributed by atoms with E-state index in [1.165, 1.54) is 14.0 Å². The highest BCUT2D eigenvalue weighted by Crippen LogP contribution is 2.28. The number of carbonyl (C=O) groups excluding carboxylic acids is 1. The van der Waals surface area contributed by atoms with Crippen molar-refractivity contribution >= 4 is 5.78 Å². The molecule has 100 valence electrons. The molecule has 0 radical (unpaired) electrons. The summed E-state index contributed by atoms with van der Waals surface area (Å²) >= 11 is 0. The van der Waals surface area contributed by atoms with Gasteiger partial charge in [-0.05, 0) is 6.92 Å². The van der Waals surface area contributed by atoms with Gasteiger partial charge in [0.15, 0.2) is 11.6 Å². The molecule has 0 aliphatic carbocycles. The number of alkyl halides is 3. The number of rotatable bonds is 2. The summed E-state index contributed by atoms with van der Waals surface area (Å²) in [5, 5.41) is 3.33. The number of hydrogen-bond acceptors (Lipinski definition) is 3. The molecule has 0 atom stereocenters. The molecule has 7 heteroatoms. The van der Waals surface area contributed by atoms with Gasteiger partial charge in [0.1, 0.15) is 0 Å². The van der Waals surface area contributed by atoms with Crippen LogP contribution in [0, 0.1) is 0 Å². The van der Waals surface area contributed by atoms with E-state index in [0.717, 1.165) is 4.68 Å². The van der Waals surface area contributed by atoms with Crippen LogP contribution in [0.5, 0.6) is 0 Å². The van der Waals surface area contributed by atoms with Crippen LogP contribution in [0.4, 0.5) is 13.2 Å². The van der Waals surface area contributed by atoms with Gasteiger partial charge in [-0.25, -0.2) is 9.67 Å². The Kier molecular flexibility index (Phi) is 3.13. The van der Waals surface area contributed by atoms with Crippen molar-refractivity contribution in [3.8, 4) is 11.4 Å². The maximum absolute atomic E-state index is 12.5. The number of Topliss-reactive ketones (excluding diaryl/α,β-unsaturated/α-hetero) is 1. The molecule has 0 saturated heterocycles. The van der Waals surface area contributed by atoms with Crippen LogP contribution in [0.3, 0.4) is 0 Å². The van der Waals surface area contributed by atoms with Gasteiger partial charge in [-0.15, -0.1) is 5.10 Å². The van der Waals surface area contributed by atoms with Crippen molar-refractivity contribution in [2.45, 2.75) is 13.1 Å². The maximum atomic E-state index is 12.5. The molecular formula is C12H10F3N3O. The smallest absolute Gasteiger partial charge is 0.295 e. The van der Waals surface area contributed by atoms with E-state index in [1.54, 1.807) is 24.3 Å². The summed E-state index contributed by atoms with van der Waals surface area (Å²) in [6, 6.07) is 6.17. The molecule has 0 amide bonds. The van der Waals surface area contributed by atoms with Gasteiger partial charge in [0, 0.05) is 18.2 Å². The first-order valence-corrected chi connectivity index (χ1v) is 5.38. The number of nitrogens with zero attached hydrogens (tertiary/aromatic N) is 3. The largest absolute Gasteiger partial charge is 0.453 e. The van der Waals surface area contributed by atoms with E-state index < -0.39 is 12.0 Å². The third kappa shape index (κ3) is 2.64. The van der Waals surface area contributed by atoms with Crippen LogP contribution in [-0.2, 0) is 13.2 Å². The number of hydrogen-bond donors (Lipinski definition) is 0. The second kappa shape index (κ2) is 4.49. The zero-order valence-corrected chi connectivity index (χ0v) is 10.2. The van der Waals surface area contributed by atoms with Crippen molar-refractivity contribution < 1.29 is 18.0 Å². The Bertz CT molecular complexity index is 614. The summed E-state index contributed by atoms with van der Waals surface area (Å²) in [5.74, 6) is -1.19. The molecule has 0 aliphatic rings. The first-order chi connectivity index (χ1) is 8.79. The van der Waals surface area contributed by atoms with Gasteiger partial charge in [0.2, 0.25) is 0 Å². The van der Waals surface area contributed by atoms with Crippen LogP contribution in [0.2, 0.25) is 0 Å². The topological polar surface area (TPSA) is 47.8 Å². The molecule has 1 aromatic heterocycles. The molecular weight excluding hydrogens is 259 g/mol. The average molecular weight is 269 g/mol. The zero-order chi connectivity index (χ0) is 14.2. The number of carbonyl (C=O) groups is 1. The van der Waals surface area contributed by atoms with Crippen LogP contribution in [0.25, 0.3) is 11.4 Å². The summed E-state index contributed by atoms with van der Waals surface area (Å²) in [6.45, 7) is 1.42. The second-order valence-electron chi connectivity index (χ2n) is 4.01. The Morgan fingerprint density at radius 3 is 2.21 bits per heavy atom. The van der Waals surface area contributed by atoms with Crippen LogP contribution >= 0.6 is 0 Å². The molecule has 2 rings (SSSR count). The molecule has 0 N–H and O–H groups in total. The van der Waals surface area contributed by atoms with Crippen molar-refractivity contribution in [1.82, 2.24) is 14.8 Å². The summed E-state index contributed by atoms with van der Waals surface area (Å²) in [4.78, 5) is 14.6. The predicted octanol–water partition coefficient (Wildman–Crippen LogP) is 2.70. The lowest BCUT2D eigenvalue weighted by atomic mass is 10.1. The van der Waals surface area contributed by atoms with E-state index in [1.807, 2.05) is 0 Å². The highest BCUT2D eigenvalue weighted by atomic mass is 19.4. The van der Waals surface area contributed by atoms with Gasteiger partial charge in [0.25, 0.3) is 5.82 Å². The van der Waals surface area contributed by atoms with Crippen LogP contribution < -0.4 is 0 Å². The Morgan fingerprint density at radius 2 is 1.79 bits per heavy atom. The van der Waals surface area contributed by atoms with E-state index in [-0.39, 0.29) is 11.6 Å². The van der Waals surface area contributed by atoms with E-state index in [4.69, 9.17) is 0 Å². The SMILES string of the molecule is CC(=O)c1ccc(-c2nc(C(F)(F)F)nn2C)cc1. The molecule has 1 heterocycles. The lowest BCUT2D eigenvalue weighted by Crippen LogP contribution is -2.08. The molecule has 1 aromatic carbocycles. The quantitative estimate of drug-likeness (QED) is 0.787. The third-order valence-corrected chi connectivity index (χ3v) is 2.57. The second-order valence-corrected chi connectivity index (χ2v) is 4.01. The molecule has 4 nitrogen and oxygen atoms in total. The van der Waals surface area contributed by atoms with Crippen LogP contribution in [0.1, 0.15) is 23.1 Å². The highest BCUT2D eigenvalue weighted by molar-refractivity contribution is 5.94. The fourth-order valence-corrected chi connectivity index (χ4v) is 1.61. The molecule has 0 aliphatic heterocycles. The minimum Gasteiger partial charge on any atom is -0.295 e. The Balaban J connectivity index is 2.42. The fourth-order valence-electron chi connectivity index (χ4n) is 1.61.